The maximum Gasteiger partial charge on any atom is 0.251 e. The first kappa shape index (κ1) is 33.8. The normalized spacial score (nSPS) is 10.0. The van der Waals surface area contributed by atoms with Crippen molar-refractivity contribution in [2.75, 3.05) is 19.6 Å². The lowest BCUT2D eigenvalue weighted by molar-refractivity contribution is 0.0953. The van der Waals surface area contributed by atoms with Gasteiger partial charge in [-0.1, -0.05) is 72.1 Å². The molecule has 37 heavy (non-hydrogen) atoms. The van der Waals surface area contributed by atoms with Crippen LogP contribution in [0.4, 0.5) is 0 Å². The number of carbonyl (C=O) groups is 2. The van der Waals surface area contributed by atoms with Crippen molar-refractivity contribution < 1.29 is 9.59 Å². The number of benzene rings is 2. The molecule has 0 unspecified atom stereocenters. The summed E-state index contributed by atoms with van der Waals surface area (Å²) in [5, 5.41) is 5.52. The first-order valence-electron chi connectivity index (χ1n) is 12.6. The van der Waals surface area contributed by atoms with Crippen LogP contribution in [0.15, 0.2) is 36.4 Å². The van der Waals surface area contributed by atoms with Gasteiger partial charge in [-0.3, -0.25) is 9.59 Å². The van der Waals surface area contributed by atoms with Crippen molar-refractivity contribution in [2.24, 2.45) is 23.1 Å². The van der Waals surface area contributed by atoms with Gasteiger partial charge in [0.25, 0.3) is 11.8 Å². The lowest BCUT2D eigenvalue weighted by Gasteiger charge is -2.10. The van der Waals surface area contributed by atoms with E-state index in [9.17, 15) is 9.59 Å². The molecule has 2 amide bonds. The van der Waals surface area contributed by atoms with Crippen LogP contribution in [0.2, 0.25) is 0 Å². The van der Waals surface area contributed by atoms with Gasteiger partial charge < -0.3 is 27.8 Å². The van der Waals surface area contributed by atoms with Crippen molar-refractivity contribution in [3.05, 3.63) is 69.8 Å². The molecule has 0 saturated heterocycles. The summed E-state index contributed by atoms with van der Waals surface area (Å²) in [6.07, 6.45) is 0.850. The Hall–Kier alpha value is -3.18. The molecule has 2 aromatic rings. The molecule has 204 valence electrons. The maximum absolute atomic E-state index is 12.2. The number of hydrogen-bond acceptors (Lipinski definition) is 5. The molecule has 0 saturated carbocycles. The quantitative estimate of drug-likeness (QED) is 0.327. The second kappa shape index (κ2) is 18.1. The molecular weight excluding hydrogens is 462 g/mol. The maximum atomic E-state index is 12.2. The average Bonchev–Trinajstić information content (AvgIpc) is 2.88. The minimum absolute atomic E-state index is 0. The molecule has 2 rings (SSSR count). The number of nitrogens with two attached hydrogens (primary N) is 3. The predicted octanol–water partition coefficient (Wildman–Crippen LogP) is 3.89. The number of carbonyl (C=O) groups excluding carboxylic acids is 2. The van der Waals surface area contributed by atoms with Crippen LogP contribution < -0.4 is 27.8 Å². The van der Waals surface area contributed by atoms with E-state index in [2.05, 4.69) is 54.5 Å². The average molecular weight is 510 g/mol. The summed E-state index contributed by atoms with van der Waals surface area (Å²) in [7, 11) is 0. The molecule has 2 aromatic carbocycles. The minimum atomic E-state index is -0.256. The summed E-state index contributed by atoms with van der Waals surface area (Å²) < 4.78 is 0. The Morgan fingerprint density at radius 2 is 1.32 bits per heavy atom. The monoisotopic (exact) mass is 509 g/mol. The van der Waals surface area contributed by atoms with Gasteiger partial charge in [-0.15, -0.1) is 0 Å². The Morgan fingerprint density at radius 1 is 0.811 bits per heavy atom. The molecule has 0 fully saturated rings. The highest BCUT2D eigenvalue weighted by Crippen LogP contribution is 2.18. The van der Waals surface area contributed by atoms with Gasteiger partial charge in [-0.2, -0.15) is 0 Å². The van der Waals surface area contributed by atoms with Gasteiger partial charge >= 0.3 is 0 Å². The van der Waals surface area contributed by atoms with Crippen molar-refractivity contribution in [1.29, 1.82) is 0 Å². The highest BCUT2D eigenvalue weighted by molar-refractivity contribution is 6.00. The van der Waals surface area contributed by atoms with E-state index < -0.39 is 0 Å². The molecule has 0 heterocycles. The van der Waals surface area contributed by atoms with Crippen LogP contribution in [0.5, 0.6) is 0 Å². The van der Waals surface area contributed by atoms with Crippen LogP contribution in [0.3, 0.4) is 0 Å². The minimum Gasteiger partial charge on any atom is -0.352 e. The third kappa shape index (κ3) is 12.6. The molecule has 0 aliphatic rings. The highest BCUT2D eigenvalue weighted by Gasteiger charge is 2.12. The largest absolute Gasteiger partial charge is 0.352 e. The highest BCUT2D eigenvalue weighted by atomic mass is 16.2. The number of amides is 2. The van der Waals surface area contributed by atoms with Crippen molar-refractivity contribution in [3.8, 4) is 11.8 Å². The van der Waals surface area contributed by atoms with Gasteiger partial charge in [0.15, 0.2) is 0 Å². The standard InChI is InChI=1S/C18H25N3O2.C11H18N2.CH4/c1-4-8-20-17(22)15-10-14(6-5-13(2)3)11-16(12-15)18(23)21-9-7-19;1-8(2)11-4-9(6-12)3-10(5-11)7-13;/h10-13H,4,7-9,19H2,1-3H3,(H,20,22)(H,21,23);3-5,8H,6-7,12-13H2,1-2H3;1H4. The van der Waals surface area contributed by atoms with Gasteiger partial charge in [-0.25, -0.2) is 0 Å². The summed E-state index contributed by atoms with van der Waals surface area (Å²) in [6, 6.07) is 11.4. The van der Waals surface area contributed by atoms with E-state index in [1.165, 1.54) is 16.7 Å². The van der Waals surface area contributed by atoms with Crippen LogP contribution in [-0.2, 0) is 13.1 Å². The zero-order chi connectivity index (χ0) is 27.1. The third-order valence-electron chi connectivity index (χ3n) is 5.14. The first-order chi connectivity index (χ1) is 17.1. The SMILES string of the molecule is C.CC(C)c1cc(CN)cc(CN)c1.CCCNC(=O)c1cc(C#CC(C)C)cc(C(=O)NCCN)c1. The zero-order valence-corrected chi connectivity index (χ0v) is 22.4. The number of hydrogen-bond donors (Lipinski definition) is 5. The summed E-state index contributed by atoms with van der Waals surface area (Å²) in [5.41, 5.74) is 21.8. The fourth-order valence-corrected chi connectivity index (χ4v) is 3.18. The lowest BCUT2D eigenvalue weighted by atomic mass is 9.98. The van der Waals surface area contributed by atoms with Crippen molar-refractivity contribution in [1.82, 2.24) is 10.6 Å². The van der Waals surface area contributed by atoms with E-state index in [1.807, 2.05) is 20.8 Å². The van der Waals surface area contributed by atoms with Gasteiger partial charge in [0.1, 0.15) is 0 Å². The summed E-state index contributed by atoms with van der Waals surface area (Å²) in [4.78, 5) is 24.3. The zero-order valence-electron chi connectivity index (χ0n) is 22.4. The van der Waals surface area contributed by atoms with Crippen LogP contribution in [0.1, 0.15) is 97.4 Å². The molecule has 0 atom stereocenters. The van der Waals surface area contributed by atoms with Crippen LogP contribution in [0, 0.1) is 17.8 Å². The van der Waals surface area contributed by atoms with Crippen LogP contribution in [0.25, 0.3) is 0 Å². The molecule has 0 aliphatic carbocycles. The van der Waals surface area contributed by atoms with Crippen LogP contribution in [-0.4, -0.2) is 31.4 Å². The molecule has 0 spiro atoms. The number of nitrogens with one attached hydrogen (secondary N) is 2. The summed E-state index contributed by atoms with van der Waals surface area (Å²) in [5.74, 6) is 6.35. The summed E-state index contributed by atoms with van der Waals surface area (Å²) >= 11 is 0. The first-order valence-corrected chi connectivity index (χ1v) is 12.6. The molecule has 0 radical (unpaired) electrons. The summed E-state index contributed by atoms with van der Waals surface area (Å²) in [6.45, 7) is 12.8. The van der Waals surface area contributed by atoms with E-state index in [1.54, 1.807) is 18.2 Å². The van der Waals surface area contributed by atoms with Crippen molar-refractivity contribution in [2.45, 2.75) is 67.5 Å². The predicted molar refractivity (Wildman–Crippen MR) is 155 cm³/mol. The van der Waals surface area contributed by atoms with Crippen molar-refractivity contribution >= 4 is 11.8 Å². The molecule has 0 aliphatic heterocycles. The van der Waals surface area contributed by atoms with E-state index in [0.717, 1.165) is 6.42 Å². The fourth-order valence-electron chi connectivity index (χ4n) is 3.18. The molecule has 0 bridgehead atoms. The van der Waals surface area contributed by atoms with Gasteiger partial charge in [0.05, 0.1) is 0 Å². The van der Waals surface area contributed by atoms with E-state index in [-0.39, 0.29) is 25.2 Å². The second-order valence-corrected chi connectivity index (χ2v) is 9.17. The van der Waals surface area contributed by atoms with Gasteiger partial charge in [0.2, 0.25) is 0 Å². The molecule has 0 aromatic heterocycles. The third-order valence-corrected chi connectivity index (χ3v) is 5.14. The van der Waals surface area contributed by atoms with E-state index >= 15 is 0 Å². The molecule has 7 nitrogen and oxygen atoms in total. The lowest BCUT2D eigenvalue weighted by Crippen LogP contribution is -2.29. The van der Waals surface area contributed by atoms with E-state index in [0.29, 0.717) is 55.3 Å². The van der Waals surface area contributed by atoms with Gasteiger partial charge in [0, 0.05) is 55.3 Å². The van der Waals surface area contributed by atoms with Crippen LogP contribution >= 0.6 is 0 Å². The fraction of sp³-hybridized carbons (Fsp3) is 0.467. The van der Waals surface area contributed by atoms with Crippen molar-refractivity contribution in [3.63, 3.8) is 0 Å². The second-order valence-electron chi connectivity index (χ2n) is 9.17. The smallest absolute Gasteiger partial charge is 0.251 e. The topological polar surface area (TPSA) is 136 Å². The van der Waals surface area contributed by atoms with E-state index in [4.69, 9.17) is 17.2 Å². The Kier molecular flexibility index (Phi) is 16.6. The Morgan fingerprint density at radius 3 is 1.73 bits per heavy atom. The molecule has 8 N–H and O–H groups in total. The Bertz CT molecular complexity index is 991. The molecular formula is C30H47N5O2. The Labute approximate surface area is 224 Å². The molecule has 7 heteroatoms. The van der Waals surface area contributed by atoms with Gasteiger partial charge in [-0.05, 0) is 47.2 Å². The number of rotatable bonds is 9. The Balaban J connectivity index is 0.000000786.